The van der Waals surface area contributed by atoms with Gasteiger partial charge in [-0.15, -0.1) is 0 Å². The number of fused-ring (bicyclic) bond motifs is 3. The van der Waals surface area contributed by atoms with Gasteiger partial charge in [0.1, 0.15) is 24.5 Å². The lowest BCUT2D eigenvalue weighted by Gasteiger charge is -2.20. The molecule has 2 heterocycles. The maximum absolute atomic E-state index is 12.2. The number of aryl methyl sites for hydroxylation is 2. The number of hydrogen-bond donors (Lipinski definition) is 0. The third kappa shape index (κ3) is 2.80. The molecule has 4 heteroatoms. The van der Waals surface area contributed by atoms with E-state index in [2.05, 4.69) is 13.0 Å². The van der Waals surface area contributed by atoms with Crippen molar-refractivity contribution in [2.45, 2.75) is 13.8 Å². The molecule has 4 nitrogen and oxygen atoms in total. The van der Waals surface area contributed by atoms with Crippen LogP contribution in [0.2, 0.25) is 0 Å². The Morgan fingerprint density at radius 1 is 1.12 bits per heavy atom. The van der Waals surface area contributed by atoms with Gasteiger partial charge in [-0.25, -0.2) is 4.79 Å². The zero-order valence-corrected chi connectivity index (χ0v) is 14.2. The van der Waals surface area contributed by atoms with Crippen molar-refractivity contribution in [3.05, 3.63) is 75.7 Å². The zero-order chi connectivity index (χ0) is 17.4. The van der Waals surface area contributed by atoms with Crippen molar-refractivity contribution in [1.29, 1.82) is 0 Å². The van der Waals surface area contributed by atoms with E-state index in [1.807, 2.05) is 43.3 Å². The summed E-state index contributed by atoms with van der Waals surface area (Å²) in [5.41, 5.74) is 4.09. The summed E-state index contributed by atoms with van der Waals surface area (Å²) in [5.74, 6) is 1.10. The van der Waals surface area contributed by atoms with E-state index in [4.69, 9.17) is 13.9 Å². The van der Waals surface area contributed by atoms with Gasteiger partial charge < -0.3 is 13.9 Å². The molecule has 0 bridgehead atoms. The molecular weight excluding hydrogens is 316 g/mol. The van der Waals surface area contributed by atoms with Crippen molar-refractivity contribution in [3.8, 4) is 11.5 Å². The van der Waals surface area contributed by atoms with Crippen molar-refractivity contribution >= 4 is 16.5 Å². The van der Waals surface area contributed by atoms with Gasteiger partial charge >= 0.3 is 5.63 Å². The molecule has 0 amide bonds. The maximum atomic E-state index is 12.2. The fourth-order valence-electron chi connectivity index (χ4n) is 3.16. The molecule has 0 spiro atoms. The second-order valence-corrected chi connectivity index (χ2v) is 6.19. The van der Waals surface area contributed by atoms with Crippen LogP contribution in [0, 0.1) is 13.8 Å². The SMILES string of the molecule is Cc1ccc(OCC2=CCOc3c2c2ccccc2oc3=O)c(C)c1. The van der Waals surface area contributed by atoms with E-state index in [1.165, 1.54) is 5.56 Å². The highest BCUT2D eigenvalue weighted by Gasteiger charge is 2.22. The summed E-state index contributed by atoms with van der Waals surface area (Å²) in [4.78, 5) is 12.2. The predicted molar refractivity (Wildman–Crippen MR) is 97.4 cm³/mol. The number of ether oxygens (including phenoxy) is 2. The molecule has 0 saturated carbocycles. The highest BCUT2D eigenvalue weighted by Crippen LogP contribution is 2.34. The molecule has 0 fully saturated rings. The van der Waals surface area contributed by atoms with Crippen LogP contribution in [-0.2, 0) is 0 Å². The van der Waals surface area contributed by atoms with Crippen LogP contribution in [0.25, 0.3) is 16.5 Å². The largest absolute Gasteiger partial charge is 0.489 e. The smallest absolute Gasteiger partial charge is 0.379 e. The summed E-state index contributed by atoms with van der Waals surface area (Å²) < 4.78 is 16.9. The maximum Gasteiger partial charge on any atom is 0.379 e. The molecule has 1 aliphatic rings. The van der Waals surface area contributed by atoms with Crippen molar-refractivity contribution in [1.82, 2.24) is 0 Å². The predicted octanol–water partition coefficient (Wildman–Crippen LogP) is 4.26. The van der Waals surface area contributed by atoms with Crippen LogP contribution in [0.15, 0.2) is 57.8 Å². The zero-order valence-electron chi connectivity index (χ0n) is 14.2. The van der Waals surface area contributed by atoms with E-state index in [9.17, 15) is 4.79 Å². The van der Waals surface area contributed by atoms with E-state index in [1.54, 1.807) is 6.07 Å². The van der Waals surface area contributed by atoms with Gasteiger partial charge in [-0.05, 0) is 37.6 Å². The average Bonchev–Trinajstić information content (AvgIpc) is 2.61. The number of para-hydroxylation sites is 1. The average molecular weight is 334 g/mol. The Morgan fingerprint density at radius 3 is 2.80 bits per heavy atom. The molecule has 0 atom stereocenters. The Morgan fingerprint density at radius 2 is 1.96 bits per heavy atom. The summed E-state index contributed by atoms with van der Waals surface area (Å²) >= 11 is 0. The molecule has 0 N–H and O–H groups in total. The normalized spacial score (nSPS) is 13.1. The van der Waals surface area contributed by atoms with E-state index < -0.39 is 5.63 Å². The van der Waals surface area contributed by atoms with E-state index in [0.29, 0.717) is 18.8 Å². The first-order chi connectivity index (χ1) is 12.1. The molecule has 2 aromatic carbocycles. The molecule has 1 aromatic heterocycles. The van der Waals surface area contributed by atoms with Crippen LogP contribution in [-0.4, -0.2) is 13.2 Å². The second-order valence-electron chi connectivity index (χ2n) is 6.19. The Hall–Kier alpha value is -3.01. The summed E-state index contributed by atoms with van der Waals surface area (Å²) in [6.07, 6.45) is 1.96. The van der Waals surface area contributed by atoms with Crippen LogP contribution in [0.3, 0.4) is 0 Å². The summed E-state index contributed by atoms with van der Waals surface area (Å²) in [6, 6.07) is 13.6. The quantitative estimate of drug-likeness (QED) is 0.671. The minimum absolute atomic E-state index is 0.264. The van der Waals surface area contributed by atoms with Crippen LogP contribution in [0.5, 0.6) is 11.5 Å². The molecule has 4 rings (SSSR count). The fourth-order valence-corrected chi connectivity index (χ4v) is 3.16. The van der Waals surface area contributed by atoms with Gasteiger partial charge in [0.15, 0.2) is 0 Å². The summed E-state index contributed by atoms with van der Waals surface area (Å²) in [5, 5.41) is 0.854. The lowest BCUT2D eigenvalue weighted by molar-refractivity contribution is 0.327. The highest BCUT2D eigenvalue weighted by molar-refractivity contribution is 5.93. The second kappa shape index (κ2) is 6.13. The topological polar surface area (TPSA) is 48.7 Å². The molecule has 0 saturated heterocycles. The minimum Gasteiger partial charge on any atom is -0.489 e. The van der Waals surface area contributed by atoms with Crippen LogP contribution < -0.4 is 15.1 Å². The monoisotopic (exact) mass is 334 g/mol. The molecule has 126 valence electrons. The standard InChI is InChI=1S/C21H18O4/c1-13-7-8-17(14(2)11-13)24-12-15-9-10-23-20-19(15)16-5-3-4-6-18(16)25-21(20)22/h3-9,11H,10,12H2,1-2H3. The van der Waals surface area contributed by atoms with Crippen LogP contribution in [0.1, 0.15) is 16.7 Å². The van der Waals surface area contributed by atoms with Crippen LogP contribution >= 0.6 is 0 Å². The molecule has 0 unspecified atom stereocenters. The molecule has 3 aromatic rings. The van der Waals surface area contributed by atoms with E-state index >= 15 is 0 Å². The van der Waals surface area contributed by atoms with Gasteiger partial charge in [-0.1, -0.05) is 35.9 Å². The van der Waals surface area contributed by atoms with Gasteiger partial charge in [0.2, 0.25) is 5.75 Å². The Bertz CT molecular complexity index is 1040. The number of rotatable bonds is 3. The molecule has 1 aliphatic heterocycles. The van der Waals surface area contributed by atoms with Gasteiger partial charge in [-0.3, -0.25) is 0 Å². The molecule has 0 radical (unpaired) electrons. The fraction of sp³-hybridized carbons (Fsp3) is 0.190. The van der Waals surface area contributed by atoms with Crippen LogP contribution in [0.4, 0.5) is 0 Å². The van der Waals surface area contributed by atoms with Gasteiger partial charge in [0.25, 0.3) is 0 Å². The Labute approximate surface area is 145 Å². The van der Waals surface area contributed by atoms with Gasteiger partial charge in [0, 0.05) is 16.5 Å². The molecule has 25 heavy (non-hydrogen) atoms. The summed E-state index contributed by atoms with van der Waals surface area (Å²) in [6.45, 7) is 4.79. The minimum atomic E-state index is -0.453. The van der Waals surface area contributed by atoms with Crippen molar-refractivity contribution in [3.63, 3.8) is 0 Å². The molecular formula is C21H18O4. The van der Waals surface area contributed by atoms with Crippen molar-refractivity contribution < 1.29 is 13.9 Å². The third-order valence-corrected chi connectivity index (χ3v) is 4.36. The first kappa shape index (κ1) is 15.5. The molecule has 0 aliphatic carbocycles. The van der Waals surface area contributed by atoms with E-state index in [0.717, 1.165) is 27.8 Å². The lowest BCUT2D eigenvalue weighted by atomic mass is 10.00. The van der Waals surface area contributed by atoms with E-state index in [-0.39, 0.29) is 5.75 Å². The van der Waals surface area contributed by atoms with Crippen molar-refractivity contribution in [2.75, 3.05) is 13.2 Å². The first-order valence-corrected chi connectivity index (χ1v) is 8.21. The van der Waals surface area contributed by atoms with Crippen molar-refractivity contribution in [2.24, 2.45) is 0 Å². The first-order valence-electron chi connectivity index (χ1n) is 8.21. The van der Waals surface area contributed by atoms with Gasteiger partial charge in [0.05, 0.1) is 0 Å². The summed E-state index contributed by atoms with van der Waals surface area (Å²) in [7, 11) is 0. The Kier molecular flexibility index (Phi) is 3.80. The lowest BCUT2D eigenvalue weighted by Crippen LogP contribution is -2.17. The van der Waals surface area contributed by atoms with Gasteiger partial charge in [-0.2, -0.15) is 0 Å². The highest BCUT2D eigenvalue weighted by atomic mass is 16.5. The third-order valence-electron chi connectivity index (χ3n) is 4.36. The number of benzene rings is 2. The Balaban J connectivity index is 1.73. The number of hydrogen-bond acceptors (Lipinski definition) is 4.